The zero-order valence-electron chi connectivity index (χ0n) is 16.5. The number of halogens is 1. The largest absolute Gasteiger partial charge is 0.489 e. The minimum absolute atomic E-state index is 0.0899. The molecule has 4 heteroatoms. The molecule has 3 nitrogen and oxygen atoms in total. The number of rotatable bonds is 7. The highest BCUT2D eigenvalue weighted by molar-refractivity contribution is 6.31. The van der Waals surface area contributed by atoms with Gasteiger partial charge in [-0.3, -0.25) is 4.79 Å². The average Bonchev–Trinajstić information content (AvgIpc) is 3.12. The standard InChI is InChI=1S/C23H31ClO3/c1-23(2)12-11-20(16-5-3-4-6-16)18(14-23)15-27-19-9-7-17(21(24)13-19)8-10-22(25)26/h7,9,13,16H,3-6,8,10-12,14-15H2,1-2H3,(H,25,26). The summed E-state index contributed by atoms with van der Waals surface area (Å²) in [4.78, 5) is 10.7. The summed E-state index contributed by atoms with van der Waals surface area (Å²) < 4.78 is 6.13. The van der Waals surface area contributed by atoms with E-state index in [1.807, 2.05) is 18.2 Å². The quantitative estimate of drug-likeness (QED) is 0.545. The summed E-state index contributed by atoms with van der Waals surface area (Å²) in [6.07, 6.45) is 9.53. The number of aliphatic carboxylic acids is 1. The fourth-order valence-corrected chi connectivity index (χ4v) is 4.84. The molecule has 0 bridgehead atoms. The van der Waals surface area contributed by atoms with E-state index in [9.17, 15) is 4.79 Å². The van der Waals surface area contributed by atoms with E-state index < -0.39 is 5.97 Å². The second-order valence-electron chi connectivity index (χ2n) is 8.89. The Kier molecular flexibility index (Phi) is 6.52. The van der Waals surface area contributed by atoms with Gasteiger partial charge in [0.25, 0.3) is 0 Å². The highest BCUT2D eigenvalue weighted by Gasteiger charge is 2.31. The molecule has 0 spiro atoms. The molecule has 0 aromatic heterocycles. The second-order valence-corrected chi connectivity index (χ2v) is 9.29. The zero-order chi connectivity index (χ0) is 19.4. The number of ether oxygens (including phenoxy) is 1. The lowest BCUT2D eigenvalue weighted by molar-refractivity contribution is -0.136. The molecule has 1 saturated carbocycles. The van der Waals surface area contributed by atoms with Crippen LogP contribution in [-0.2, 0) is 11.2 Å². The van der Waals surface area contributed by atoms with Crippen LogP contribution in [0.3, 0.4) is 0 Å². The Balaban J connectivity index is 1.69. The van der Waals surface area contributed by atoms with Gasteiger partial charge in [0, 0.05) is 11.4 Å². The van der Waals surface area contributed by atoms with Crippen molar-refractivity contribution in [1.29, 1.82) is 0 Å². The summed E-state index contributed by atoms with van der Waals surface area (Å²) in [6, 6.07) is 5.62. The maximum absolute atomic E-state index is 10.7. The number of hydrogen-bond donors (Lipinski definition) is 1. The lowest BCUT2D eigenvalue weighted by atomic mass is 9.71. The predicted molar refractivity (Wildman–Crippen MR) is 110 cm³/mol. The molecule has 1 N–H and O–H groups in total. The molecule has 27 heavy (non-hydrogen) atoms. The van der Waals surface area contributed by atoms with Gasteiger partial charge in [0.05, 0.1) is 0 Å². The Morgan fingerprint density at radius 1 is 1.30 bits per heavy atom. The van der Waals surface area contributed by atoms with E-state index in [1.165, 1.54) is 44.1 Å². The van der Waals surface area contributed by atoms with Crippen LogP contribution in [0.1, 0.15) is 70.8 Å². The Bertz CT molecular complexity index is 714. The lowest BCUT2D eigenvalue weighted by Gasteiger charge is -2.35. The topological polar surface area (TPSA) is 46.5 Å². The molecule has 2 aliphatic carbocycles. The second kappa shape index (κ2) is 8.68. The zero-order valence-corrected chi connectivity index (χ0v) is 17.3. The molecule has 0 heterocycles. The van der Waals surface area contributed by atoms with Gasteiger partial charge in [-0.1, -0.05) is 49.9 Å². The van der Waals surface area contributed by atoms with Crippen molar-refractivity contribution in [3.63, 3.8) is 0 Å². The summed E-state index contributed by atoms with van der Waals surface area (Å²) >= 11 is 6.33. The van der Waals surface area contributed by atoms with Crippen LogP contribution >= 0.6 is 11.6 Å². The summed E-state index contributed by atoms with van der Waals surface area (Å²) in [5.41, 5.74) is 4.36. The van der Waals surface area contributed by atoms with E-state index in [4.69, 9.17) is 21.4 Å². The van der Waals surface area contributed by atoms with E-state index in [-0.39, 0.29) is 6.42 Å². The van der Waals surface area contributed by atoms with Crippen LogP contribution in [0, 0.1) is 11.3 Å². The van der Waals surface area contributed by atoms with Gasteiger partial charge < -0.3 is 9.84 Å². The molecule has 0 amide bonds. The third kappa shape index (κ3) is 5.51. The van der Waals surface area contributed by atoms with Crippen molar-refractivity contribution in [2.24, 2.45) is 11.3 Å². The van der Waals surface area contributed by atoms with E-state index in [0.717, 1.165) is 23.7 Å². The minimum atomic E-state index is -0.808. The van der Waals surface area contributed by atoms with Crippen LogP contribution in [0.15, 0.2) is 29.3 Å². The fourth-order valence-electron chi connectivity index (χ4n) is 4.57. The first-order chi connectivity index (χ1) is 12.8. The van der Waals surface area contributed by atoms with Gasteiger partial charge in [-0.05, 0) is 73.1 Å². The third-order valence-corrected chi connectivity index (χ3v) is 6.46. The summed E-state index contributed by atoms with van der Waals surface area (Å²) in [6.45, 7) is 5.35. The summed E-state index contributed by atoms with van der Waals surface area (Å²) in [5.74, 6) is 0.722. The number of carboxylic acid groups (broad SMARTS) is 1. The van der Waals surface area contributed by atoms with E-state index in [1.54, 1.807) is 5.57 Å². The van der Waals surface area contributed by atoms with Crippen molar-refractivity contribution in [3.8, 4) is 5.75 Å². The first-order valence-corrected chi connectivity index (χ1v) is 10.6. The molecule has 148 valence electrons. The van der Waals surface area contributed by atoms with Gasteiger partial charge in [0.15, 0.2) is 0 Å². The Morgan fingerprint density at radius 3 is 2.70 bits per heavy atom. The van der Waals surface area contributed by atoms with Crippen molar-refractivity contribution >= 4 is 17.6 Å². The van der Waals surface area contributed by atoms with Crippen LogP contribution < -0.4 is 4.74 Å². The van der Waals surface area contributed by atoms with E-state index in [2.05, 4.69) is 13.8 Å². The molecule has 0 aliphatic heterocycles. The number of hydrogen-bond acceptors (Lipinski definition) is 2. The Hall–Kier alpha value is -1.48. The minimum Gasteiger partial charge on any atom is -0.489 e. The number of benzene rings is 1. The molecule has 1 fully saturated rings. The molecule has 0 atom stereocenters. The Labute approximate surface area is 167 Å². The smallest absolute Gasteiger partial charge is 0.303 e. The van der Waals surface area contributed by atoms with Crippen molar-refractivity contribution < 1.29 is 14.6 Å². The van der Waals surface area contributed by atoms with Crippen LogP contribution in [0.5, 0.6) is 5.75 Å². The summed E-state index contributed by atoms with van der Waals surface area (Å²) in [7, 11) is 0. The summed E-state index contributed by atoms with van der Waals surface area (Å²) in [5, 5.41) is 9.42. The normalized spacial score (nSPS) is 20.1. The maximum Gasteiger partial charge on any atom is 0.303 e. The lowest BCUT2D eigenvalue weighted by Crippen LogP contribution is -2.23. The Morgan fingerprint density at radius 2 is 2.04 bits per heavy atom. The third-order valence-electron chi connectivity index (χ3n) is 6.11. The molecule has 0 unspecified atom stereocenters. The molecule has 2 aliphatic rings. The average molecular weight is 391 g/mol. The van der Waals surface area contributed by atoms with Crippen molar-refractivity contribution in [3.05, 3.63) is 39.9 Å². The molecular formula is C23H31ClO3. The van der Waals surface area contributed by atoms with Gasteiger partial charge in [-0.2, -0.15) is 0 Å². The number of allylic oxidation sites excluding steroid dienone is 1. The molecule has 3 rings (SSSR count). The molecule has 0 radical (unpaired) electrons. The first kappa shape index (κ1) is 20.3. The number of carbonyl (C=O) groups is 1. The van der Waals surface area contributed by atoms with Gasteiger partial charge in [-0.15, -0.1) is 0 Å². The van der Waals surface area contributed by atoms with Crippen LogP contribution in [-0.4, -0.2) is 17.7 Å². The van der Waals surface area contributed by atoms with Gasteiger partial charge >= 0.3 is 5.97 Å². The fraction of sp³-hybridized carbons (Fsp3) is 0.609. The first-order valence-electron chi connectivity index (χ1n) is 10.2. The van der Waals surface area contributed by atoms with Crippen LogP contribution in [0.2, 0.25) is 5.02 Å². The number of aryl methyl sites for hydroxylation is 1. The monoisotopic (exact) mass is 390 g/mol. The SMILES string of the molecule is CC1(C)CCC(C2CCCC2)=C(COc2ccc(CCC(=O)O)c(Cl)c2)C1. The molecular weight excluding hydrogens is 360 g/mol. The molecule has 0 saturated heterocycles. The van der Waals surface area contributed by atoms with Crippen LogP contribution in [0.25, 0.3) is 0 Å². The van der Waals surface area contributed by atoms with Gasteiger partial charge in [0.1, 0.15) is 12.4 Å². The maximum atomic E-state index is 10.7. The van der Waals surface area contributed by atoms with Gasteiger partial charge in [-0.25, -0.2) is 0 Å². The highest BCUT2D eigenvalue weighted by atomic mass is 35.5. The number of carboxylic acids is 1. The van der Waals surface area contributed by atoms with Gasteiger partial charge in [0.2, 0.25) is 0 Å². The van der Waals surface area contributed by atoms with Crippen LogP contribution in [0.4, 0.5) is 0 Å². The molecule has 1 aromatic rings. The van der Waals surface area contributed by atoms with E-state index >= 15 is 0 Å². The van der Waals surface area contributed by atoms with Crippen molar-refractivity contribution in [2.75, 3.05) is 6.61 Å². The van der Waals surface area contributed by atoms with E-state index in [0.29, 0.717) is 23.5 Å². The molecule has 1 aromatic carbocycles. The highest BCUT2D eigenvalue weighted by Crippen LogP contribution is 2.45. The predicted octanol–water partition coefficient (Wildman–Crippen LogP) is 6.43. The van der Waals surface area contributed by atoms with Crippen molar-refractivity contribution in [2.45, 2.75) is 71.6 Å². The van der Waals surface area contributed by atoms with Crippen molar-refractivity contribution in [1.82, 2.24) is 0 Å².